The molecular weight excluding hydrogens is 1440 g/mol. The third-order valence-corrected chi connectivity index (χ3v) is 23.5. The Morgan fingerprint density at radius 2 is 1.25 bits per heavy atom. The molecule has 2 aromatic rings. The number of piperidine rings is 1. The number of carbonyl (C=O) groups is 12. The van der Waals surface area contributed by atoms with Crippen molar-refractivity contribution in [3.05, 3.63) is 64.2 Å². The van der Waals surface area contributed by atoms with Crippen LogP contribution < -0.4 is 16.0 Å². The number of alkyl halides is 3. The lowest BCUT2D eigenvalue weighted by Gasteiger charge is -2.44. The lowest BCUT2D eigenvalue weighted by Crippen LogP contribution is -2.66. The van der Waals surface area contributed by atoms with Crippen molar-refractivity contribution in [3.8, 4) is 0 Å². The minimum Gasteiger partial charge on any atom is -0.374 e. The van der Waals surface area contributed by atoms with Crippen LogP contribution in [0.3, 0.4) is 0 Å². The van der Waals surface area contributed by atoms with Crippen molar-refractivity contribution in [3.63, 3.8) is 0 Å². The molecule has 3 N–H and O–H groups in total. The first-order valence-electron chi connectivity index (χ1n) is 38.7. The van der Waals surface area contributed by atoms with E-state index >= 15 is 38.0 Å². The van der Waals surface area contributed by atoms with E-state index in [-0.39, 0.29) is 61.5 Å². The summed E-state index contributed by atoms with van der Waals surface area (Å²) >= 11 is 6.21. The molecule has 3 aliphatic carbocycles. The van der Waals surface area contributed by atoms with Crippen molar-refractivity contribution in [2.24, 2.45) is 23.7 Å². The number of likely N-dealkylation sites (N-methyl/N-ethyl adjacent to an activating group) is 8. The number of nitrogens with zero attached hydrogens (tertiary/aromatic N) is 10. The zero-order valence-electron chi connectivity index (χ0n) is 65.9. The molecule has 1 spiro atoms. The highest BCUT2D eigenvalue weighted by atomic mass is 35.5. The van der Waals surface area contributed by atoms with Gasteiger partial charge in [0.2, 0.25) is 70.9 Å². The van der Waals surface area contributed by atoms with Crippen LogP contribution in [0.25, 0.3) is 0 Å². The monoisotopic (exact) mass is 1550 g/mol. The van der Waals surface area contributed by atoms with Gasteiger partial charge in [-0.2, -0.15) is 13.2 Å². The van der Waals surface area contributed by atoms with Crippen LogP contribution in [0.1, 0.15) is 192 Å². The summed E-state index contributed by atoms with van der Waals surface area (Å²) in [5.41, 5.74) is -2.79. The van der Waals surface area contributed by atoms with Crippen LogP contribution in [0, 0.1) is 29.5 Å². The summed E-state index contributed by atoms with van der Waals surface area (Å²) in [6.45, 7) is 6.08. The SMILES string of the molecule is CC[C@H](C)[C@@H]1NC(=O)[C@H](CC(C)C)N(C)C(=O)C[C@@H](C(=O)N2CCCCC2)N(C)C(=O)[C@H](C2CCCCC2)N(C)C(=O)C2(CCCC2)NC(=O)[C@H](C(OC)c2cncc(F)c2)N(C)C(=O)[C@H](CCc2ccc(C(F)(F)F)c(Cl)c2)NC(=O)CN(C)C(=O)[C@H](CC2CCCCC2)N(C)C(=O)CN(C)C(=O)CN(C)C1=O. The van der Waals surface area contributed by atoms with Gasteiger partial charge in [-0.25, -0.2) is 4.39 Å². The van der Waals surface area contributed by atoms with Crippen LogP contribution in [0.5, 0.6) is 0 Å². The van der Waals surface area contributed by atoms with E-state index < -0.39 is 185 Å². The van der Waals surface area contributed by atoms with E-state index in [9.17, 15) is 37.1 Å². The topological polar surface area (TPSA) is 292 Å². The molecule has 1 aromatic heterocycles. The molecule has 26 nitrogen and oxygen atoms in total. The minimum absolute atomic E-state index is 0.0146. The summed E-state index contributed by atoms with van der Waals surface area (Å²) in [4.78, 5) is 197. The van der Waals surface area contributed by atoms with Gasteiger partial charge in [-0.1, -0.05) is 116 Å². The Bertz CT molecular complexity index is 3550. The van der Waals surface area contributed by atoms with Gasteiger partial charge in [0.1, 0.15) is 59.8 Å². The van der Waals surface area contributed by atoms with Crippen LogP contribution in [-0.4, -0.2) is 264 Å². The normalized spacial score (nSPS) is 25.5. The number of rotatable bonds is 14. The smallest absolute Gasteiger partial charge is 0.374 e. The van der Waals surface area contributed by atoms with Crippen molar-refractivity contribution in [2.45, 2.75) is 235 Å². The number of hydrogen-bond acceptors (Lipinski definition) is 14. The molecule has 1 aromatic carbocycles. The predicted octanol–water partition coefficient (Wildman–Crippen LogP) is 7.18. The number of pyridine rings is 1. The van der Waals surface area contributed by atoms with Crippen LogP contribution in [0.2, 0.25) is 5.02 Å². The van der Waals surface area contributed by atoms with E-state index in [2.05, 4.69) is 20.9 Å². The molecule has 5 aliphatic rings. The fourth-order valence-electron chi connectivity index (χ4n) is 16.3. The molecule has 0 radical (unpaired) electrons. The lowest BCUT2D eigenvalue weighted by atomic mass is 9.81. The van der Waals surface area contributed by atoms with E-state index in [1.165, 1.54) is 89.3 Å². The third kappa shape index (κ3) is 22.6. The van der Waals surface area contributed by atoms with Crippen LogP contribution in [0.4, 0.5) is 17.6 Å². The molecule has 3 heterocycles. The molecular formula is C78H116ClF4N13O13. The second-order valence-electron chi connectivity index (χ2n) is 31.5. The first-order chi connectivity index (χ1) is 51.4. The van der Waals surface area contributed by atoms with Crippen molar-refractivity contribution < 1.29 is 79.8 Å². The lowest BCUT2D eigenvalue weighted by molar-refractivity contribution is -0.157. The second kappa shape index (κ2) is 39.7. The second-order valence-corrected chi connectivity index (χ2v) is 31.9. The molecule has 12 amide bonds. The summed E-state index contributed by atoms with van der Waals surface area (Å²) in [5.74, 6) is -11.0. The molecule has 3 saturated carbocycles. The Kier molecular flexibility index (Phi) is 32.2. The zero-order chi connectivity index (χ0) is 80.5. The first kappa shape index (κ1) is 88.2. The molecule has 5 fully saturated rings. The maximum absolute atomic E-state index is 16.1. The van der Waals surface area contributed by atoms with Gasteiger partial charge in [0.15, 0.2) is 0 Å². The van der Waals surface area contributed by atoms with Crippen molar-refractivity contribution in [1.29, 1.82) is 0 Å². The Balaban J connectivity index is 1.37. The molecule has 0 bridgehead atoms. The standard InChI is InChI=1S/C78H116ClF4N13O13/c1-14-49(4)65-74(106)90(7)46-63(99)88(5)47-64(100)92(9)59(40-50-26-18-15-19-27-50)72(104)89(6)45-61(97)85-57(33-31-51-30-32-55(56(79)39-51)78(81,82)83)71(103)94(11)67(68(109-13)53-41-54(80)44-84-43-53)70(102)87-77(34-22-23-35-77)76(108)95(12)66(52-28-20-16-21-29-52)75(107)93(10)60(73(105)96-36-24-17-25-37-96)42-62(98)91(8)58(38-48(2)3)69(101)86-65/h30,32,39,41,43-44,48-50,52,57-60,65-68H,14-29,31,33-38,40,42,45-47H2,1-13H3,(H,85,97)(H,86,101)(H,87,102)/t49-,57-,58-,59-,60-,65-,66-,67-,68?/m0/s1. The highest BCUT2D eigenvalue weighted by Crippen LogP contribution is 2.39. The number of aromatic nitrogens is 1. The number of aryl methyl sites for hydroxylation is 1. The Morgan fingerprint density at radius 3 is 1.83 bits per heavy atom. The Morgan fingerprint density at radius 1 is 0.651 bits per heavy atom. The number of likely N-dealkylation sites (tertiary alicyclic amines) is 1. The van der Waals surface area contributed by atoms with Crippen LogP contribution >= 0.6 is 11.6 Å². The van der Waals surface area contributed by atoms with E-state index in [0.29, 0.717) is 70.9 Å². The van der Waals surface area contributed by atoms with Gasteiger partial charge in [0, 0.05) is 88.3 Å². The summed E-state index contributed by atoms with van der Waals surface area (Å²) in [7, 11) is 12.2. The average molecular weight is 1560 g/mol. The number of hydrogen-bond donors (Lipinski definition) is 3. The molecule has 7 rings (SSSR count). The average Bonchev–Trinajstić information content (AvgIpc) is 1.75. The van der Waals surface area contributed by atoms with Gasteiger partial charge in [-0.05, 0) is 118 Å². The van der Waals surface area contributed by atoms with Gasteiger partial charge in [0.25, 0.3) is 0 Å². The number of amides is 12. The largest absolute Gasteiger partial charge is 0.417 e. The Labute approximate surface area is 644 Å². The highest BCUT2D eigenvalue weighted by Gasteiger charge is 2.52. The summed E-state index contributed by atoms with van der Waals surface area (Å²) in [6.07, 6.45) is 5.37. The maximum Gasteiger partial charge on any atom is 0.417 e. The quantitative estimate of drug-likeness (QED) is 0.158. The molecule has 109 heavy (non-hydrogen) atoms. The van der Waals surface area contributed by atoms with Gasteiger partial charge in [-0.15, -0.1) is 0 Å². The van der Waals surface area contributed by atoms with Gasteiger partial charge < -0.3 is 64.8 Å². The van der Waals surface area contributed by atoms with E-state index in [1.807, 2.05) is 20.8 Å². The van der Waals surface area contributed by atoms with Crippen molar-refractivity contribution in [1.82, 2.24) is 65.0 Å². The van der Waals surface area contributed by atoms with Gasteiger partial charge in [0.05, 0.1) is 42.8 Å². The molecule has 2 aliphatic heterocycles. The fraction of sp³-hybridized carbons (Fsp3) is 0.705. The summed E-state index contributed by atoms with van der Waals surface area (Å²) in [6, 6.07) is -5.93. The first-order valence-corrected chi connectivity index (χ1v) is 39.1. The van der Waals surface area contributed by atoms with Gasteiger partial charge in [-0.3, -0.25) is 62.5 Å². The van der Waals surface area contributed by atoms with Crippen LogP contribution in [0.15, 0.2) is 36.7 Å². The van der Waals surface area contributed by atoms with E-state index in [4.69, 9.17) is 16.3 Å². The van der Waals surface area contributed by atoms with Crippen molar-refractivity contribution >= 4 is 82.5 Å². The van der Waals surface area contributed by atoms with E-state index in [0.717, 1.165) is 95.0 Å². The number of nitrogens with one attached hydrogen (secondary N) is 3. The molecule has 1 unspecified atom stereocenters. The number of carbonyl (C=O) groups excluding carboxylic acids is 12. The van der Waals surface area contributed by atoms with E-state index in [1.54, 1.807) is 11.8 Å². The number of benzene rings is 1. The number of halogens is 5. The molecule has 31 heteroatoms. The number of ether oxygens (including phenoxy) is 1. The summed E-state index contributed by atoms with van der Waals surface area (Å²) in [5, 5.41) is 7.96. The maximum atomic E-state index is 16.1. The fourth-order valence-corrected chi connectivity index (χ4v) is 16.6. The summed E-state index contributed by atoms with van der Waals surface area (Å²) < 4.78 is 63.6. The van der Waals surface area contributed by atoms with Gasteiger partial charge >= 0.3 is 6.18 Å². The zero-order valence-corrected chi connectivity index (χ0v) is 66.6. The molecule has 606 valence electrons. The van der Waals surface area contributed by atoms with Crippen molar-refractivity contribution in [2.75, 3.05) is 96.2 Å². The third-order valence-electron chi connectivity index (χ3n) is 23.1. The Hall–Kier alpha value is -8.02. The van der Waals surface area contributed by atoms with Crippen LogP contribution in [-0.2, 0) is 74.9 Å². The highest BCUT2D eigenvalue weighted by molar-refractivity contribution is 6.31. The molecule has 2 saturated heterocycles. The number of methoxy groups -OCH3 is 1. The molecule has 9 atom stereocenters. The predicted molar refractivity (Wildman–Crippen MR) is 399 cm³/mol. The minimum atomic E-state index is -4.83.